The van der Waals surface area contributed by atoms with Crippen LogP contribution < -0.4 is 0 Å². The molecule has 0 aromatic heterocycles. The van der Waals surface area contributed by atoms with E-state index >= 15 is 0 Å². The van der Waals surface area contributed by atoms with Crippen molar-refractivity contribution in [3.63, 3.8) is 0 Å². The molecular weight excluding hydrogens is 270 g/mol. The number of rotatable bonds is 2. The van der Waals surface area contributed by atoms with E-state index in [0.29, 0.717) is 13.2 Å². The second kappa shape index (κ2) is 5.27. The lowest BCUT2D eigenvalue weighted by molar-refractivity contribution is -0.162. The number of amides is 1. The molecule has 0 aliphatic carbocycles. The minimum atomic E-state index is -0.0996. The smallest absolute Gasteiger partial charge is 0.270 e. The van der Waals surface area contributed by atoms with Gasteiger partial charge in [0.15, 0.2) is 0 Å². The summed E-state index contributed by atoms with van der Waals surface area (Å²) < 4.78 is 1.000. The molecule has 1 aliphatic rings. The molecule has 0 atom stereocenters. The maximum Gasteiger partial charge on any atom is 0.270 e. The summed E-state index contributed by atoms with van der Waals surface area (Å²) in [6.45, 7) is 1.32. The zero-order valence-corrected chi connectivity index (χ0v) is 10.3. The fourth-order valence-corrected chi connectivity index (χ4v) is 1.90. The molecule has 1 aromatic carbocycles. The van der Waals surface area contributed by atoms with Crippen LogP contribution >= 0.6 is 15.9 Å². The SMILES string of the molecule is O=C(/C=C/c1cccc(Br)c1)N1CCCO1. The summed E-state index contributed by atoms with van der Waals surface area (Å²) >= 11 is 3.38. The first-order valence-electron chi connectivity index (χ1n) is 5.14. The minimum Gasteiger partial charge on any atom is -0.271 e. The van der Waals surface area contributed by atoms with Crippen molar-refractivity contribution in [3.8, 4) is 0 Å². The van der Waals surface area contributed by atoms with Crippen LogP contribution in [0.15, 0.2) is 34.8 Å². The molecule has 1 heterocycles. The van der Waals surface area contributed by atoms with Crippen LogP contribution in [-0.2, 0) is 9.63 Å². The number of halogens is 1. The van der Waals surface area contributed by atoms with Gasteiger partial charge >= 0.3 is 0 Å². The maximum atomic E-state index is 11.6. The molecular formula is C12H12BrNO2. The highest BCUT2D eigenvalue weighted by atomic mass is 79.9. The first-order chi connectivity index (χ1) is 7.75. The van der Waals surface area contributed by atoms with Crippen molar-refractivity contribution in [2.45, 2.75) is 6.42 Å². The van der Waals surface area contributed by atoms with Crippen LogP contribution in [-0.4, -0.2) is 24.1 Å². The molecule has 1 aliphatic heterocycles. The Balaban J connectivity index is 2.00. The molecule has 0 bridgehead atoms. The van der Waals surface area contributed by atoms with Gasteiger partial charge < -0.3 is 0 Å². The largest absolute Gasteiger partial charge is 0.271 e. The summed E-state index contributed by atoms with van der Waals surface area (Å²) in [5.74, 6) is -0.0996. The van der Waals surface area contributed by atoms with Gasteiger partial charge in [0.1, 0.15) is 0 Å². The normalized spacial score (nSPS) is 15.9. The van der Waals surface area contributed by atoms with E-state index in [1.807, 2.05) is 24.3 Å². The van der Waals surface area contributed by atoms with Crippen molar-refractivity contribution in [1.82, 2.24) is 5.06 Å². The monoisotopic (exact) mass is 281 g/mol. The lowest BCUT2D eigenvalue weighted by Gasteiger charge is -2.10. The van der Waals surface area contributed by atoms with Gasteiger partial charge in [-0.15, -0.1) is 0 Å². The molecule has 4 heteroatoms. The molecule has 84 valence electrons. The van der Waals surface area contributed by atoms with Crippen LogP contribution in [0.5, 0.6) is 0 Å². The third-order valence-corrected chi connectivity index (χ3v) is 2.76. The van der Waals surface area contributed by atoms with Crippen LogP contribution in [0.1, 0.15) is 12.0 Å². The predicted molar refractivity (Wildman–Crippen MR) is 65.5 cm³/mol. The van der Waals surface area contributed by atoms with Crippen molar-refractivity contribution in [3.05, 3.63) is 40.4 Å². The number of carbonyl (C=O) groups excluding carboxylic acids is 1. The molecule has 1 amide bonds. The molecule has 1 fully saturated rings. The van der Waals surface area contributed by atoms with Crippen LogP contribution in [0.4, 0.5) is 0 Å². The average Bonchev–Trinajstić information content (AvgIpc) is 2.79. The van der Waals surface area contributed by atoms with Crippen LogP contribution in [0.25, 0.3) is 6.08 Å². The molecule has 0 radical (unpaired) electrons. The Morgan fingerprint density at radius 1 is 1.50 bits per heavy atom. The van der Waals surface area contributed by atoms with Crippen LogP contribution in [0.2, 0.25) is 0 Å². The highest BCUT2D eigenvalue weighted by Gasteiger charge is 2.16. The molecule has 1 aromatic rings. The van der Waals surface area contributed by atoms with Gasteiger partial charge in [-0.05, 0) is 30.2 Å². The van der Waals surface area contributed by atoms with Gasteiger partial charge in [0.05, 0.1) is 13.2 Å². The Bertz CT molecular complexity index is 411. The average molecular weight is 282 g/mol. The van der Waals surface area contributed by atoms with E-state index in [9.17, 15) is 4.79 Å². The summed E-state index contributed by atoms with van der Waals surface area (Å²) in [7, 11) is 0. The fraction of sp³-hybridized carbons (Fsp3) is 0.250. The summed E-state index contributed by atoms with van der Waals surface area (Å²) in [4.78, 5) is 16.8. The number of hydrogen-bond donors (Lipinski definition) is 0. The van der Waals surface area contributed by atoms with E-state index in [4.69, 9.17) is 4.84 Å². The summed E-state index contributed by atoms with van der Waals surface area (Å²) in [6, 6.07) is 7.78. The zero-order valence-electron chi connectivity index (χ0n) is 8.73. The summed E-state index contributed by atoms with van der Waals surface area (Å²) in [5.41, 5.74) is 0.988. The minimum absolute atomic E-state index is 0.0996. The standard InChI is InChI=1S/C12H12BrNO2/c13-11-4-1-3-10(9-11)5-6-12(15)14-7-2-8-16-14/h1,3-6,9H,2,7-8H2/b6-5+. The summed E-state index contributed by atoms with van der Waals surface area (Å²) in [5, 5.41) is 1.40. The maximum absolute atomic E-state index is 11.6. The fourth-order valence-electron chi connectivity index (χ4n) is 1.48. The lowest BCUT2D eigenvalue weighted by Crippen LogP contribution is -2.24. The molecule has 0 saturated carbocycles. The van der Waals surface area contributed by atoms with Gasteiger partial charge in [0.25, 0.3) is 5.91 Å². The predicted octanol–water partition coefficient (Wildman–Crippen LogP) is 2.63. The highest BCUT2D eigenvalue weighted by molar-refractivity contribution is 9.10. The van der Waals surface area contributed by atoms with Crippen LogP contribution in [0.3, 0.4) is 0 Å². The molecule has 0 spiro atoms. The van der Waals surface area contributed by atoms with Gasteiger partial charge in [-0.1, -0.05) is 28.1 Å². The topological polar surface area (TPSA) is 29.5 Å². The van der Waals surface area contributed by atoms with Crippen molar-refractivity contribution in [1.29, 1.82) is 0 Å². The number of benzene rings is 1. The third-order valence-electron chi connectivity index (χ3n) is 2.27. The Kier molecular flexibility index (Phi) is 3.74. The van der Waals surface area contributed by atoms with Crippen LogP contribution in [0, 0.1) is 0 Å². The van der Waals surface area contributed by atoms with E-state index in [0.717, 1.165) is 16.5 Å². The van der Waals surface area contributed by atoms with Crippen molar-refractivity contribution in [2.75, 3.05) is 13.2 Å². The first-order valence-corrected chi connectivity index (χ1v) is 5.93. The highest BCUT2D eigenvalue weighted by Crippen LogP contribution is 2.13. The second-order valence-electron chi connectivity index (χ2n) is 3.52. The summed E-state index contributed by atoms with van der Waals surface area (Å²) in [6.07, 6.45) is 4.23. The zero-order chi connectivity index (χ0) is 11.4. The van der Waals surface area contributed by atoms with Crippen molar-refractivity contribution < 1.29 is 9.63 Å². The number of hydroxylamine groups is 2. The quantitative estimate of drug-likeness (QED) is 0.780. The number of hydrogen-bond acceptors (Lipinski definition) is 2. The van der Waals surface area contributed by atoms with Gasteiger partial charge in [0.2, 0.25) is 0 Å². The van der Waals surface area contributed by atoms with E-state index in [2.05, 4.69) is 15.9 Å². The van der Waals surface area contributed by atoms with E-state index in [-0.39, 0.29) is 5.91 Å². The molecule has 0 unspecified atom stereocenters. The first kappa shape index (κ1) is 11.4. The Labute approximate surface area is 103 Å². The molecule has 0 N–H and O–H groups in total. The second-order valence-corrected chi connectivity index (χ2v) is 4.43. The van der Waals surface area contributed by atoms with E-state index < -0.39 is 0 Å². The molecule has 3 nitrogen and oxygen atoms in total. The van der Waals surface area contributed by atoms with Crippen molar-refractivity contribution in [2.24, 2.45) is 0 Å². The van der Waals surface area contributed by atoms with Gasteiger partial charge in [-0.3, -0.25) is 9.63 Å². The third kappa shape index (κ3) is 2.93. The molecule has 2 rings (SSSR count). The molecule has 16 heavy (non-hydrogen) atoms. The van der Waals surface area contributed by atoms with E-state index in [1.165, 1.54) is 11.1 Å². The molecule has 1 saturated heterocycles. The van der Waals surface area contributed by atoms with E-state index in [1.54, 1.807) is 6.08 Å². The lowest BCUT2D eigenvalue weighted by atomic mass is 10.2. The van der Waals surface area contributed by atoms with Gasteiger partial charge in [-0.2, -0.15) is 0 Å². The number of nitrogens with zero attached hydrogens (tertiary/aromatic N) is 1. The Hall–Kier alpha value is -1.13. The van der Waals surface area contributed by atoms with Gasteiger partial charge in [-0.25, -0.2) is 5.06 Å². The Morgan fingerprint density at radius 3 is 3.06 bits per heavy atom. The van der Waals surface area contributed by atoms with Crippen molar-refractivity contribution >= 4 is 27.9 Å². The Morgan fingerprint density at radius 2 is 2.38 bits per heavy atom. The number of carbonyl (C=O) groups is 1. The van der Waals surface area contributed by atoms with Gasteiger partial charge in [0, 0.05) is 10.5 Å².